The van der Waals surface area contributed by atoms with Crippen molar-refractivity contribution in [2.24, 2.45) is 0 Å². The maximum Gasteiger partial charge on any atom is 0.247 e. The molecule has 9 N–H and O–H groups in total. The van der Waals surface area contributed by atoms with Crippen LogP contribution in [0.5, 0.6) is 5.75 Å². The van der Waals surface area contributed by atoms with Crippen LogP contribution in [0.15, 0.2) is 42.5 Å². The van der Waals surface area contributed by atoms with E-state index in [0.29, 0.717) is 16.7 Å². The van der Waals surface area contributed by atoms with Gasteiger partial charge >= 0.3 is 0 Å². The third-order valence-electron chi connectivity index (χ3n) is 7.99. The maximum atomic E-state index is 13.6. The number of hydrogen-bond donors (Lipinski definition) is 9. The number of rotatable bonds is 11. The number of phenolic OH excluding ortho intramolecular Hbond substituents is 1. The van der Waals surface area contributed by atoms with Gasteiger partial charge in [-0.15, -0.1) is 0 Å². The first-order valence-electron chi connectivity index (χ1n) is 16.2. The molecule has 0 saturated heterocycles. The Balaban J connectivity index is 0.00000460. The molecule has 2 aromatic rings. The zero-order valence-electron chi connectivity index (χ0n) is 29.6. The van der Waals surface area contributed by atoms with Crippen LogP contribution in [0, 0.1) is 0 Å². The van der Waals surface area contributed by atoms with Gasteiger partial charge in [0.1, 0.15) is 23.9 Å². The summed E-state index contributed by atoms with van der Waals surface area (Å²) in [5, 5.41) is 49.2. The molecule has 18 heteroatoms. The second-order valence-corrected chi connectivity index (χ2v) is 11.8. The van der Waals surface area contributed by atoms with Crippen molar-refractivity contribution in [3.8, 4) is 16.9 Å². The van der Waals surface area contributed by atoms with Gasteiger partial charge in [0.25, 0.3) is 0 Å². The van der Waals surface area contributed by atoms with E-state index in [2.05, 4.69) is 26.6 Å². The van der Waals surface area contributed by atoms with Gasteiger partial charge in [-0.05, 0) is 35.7 Å². The van der Waals surface area contributed by atoms with Crippen molar-refractivity contribution in [3.05, 3.63) is 53.6 Å². The number of carbonyl (C=O) groups is 7. The highest BCUT2D eigenvalue weighted by Crippen LogP contribution is 2.34. The number of aliphatic hydroxyl groups is 3. The van der Waals surface area contributed by atoms with Gasteiger partial charge in [-0.3, -0.25) is 33.6 Å². The molecule has 0 spiro atoms. The molecule has 3 rings (SSSR count). The number of aromatic hydroxyl groups is 1. The molecule has 0 saturated carbocycles. The minimum Gasteiger partial charge on any atom is -0.507 e. The summed E-state index contributed by atoms with van der Waals surface area (Å²) < 4.78 is 0. The zero-order chi connectivity index (χ0) is 39.1. The lowest BCUT2D eigenvalue weighted by atomic mass is 9.94. The Labute approximate surface area is 300 Å². The SMILES string of the molecule is CC(=O)N(C)[C@H](CO)C(=O)NCC(=O)NCC(=O)N(C)C1C(=O)NCC(=O)N[C@H](C(=O)NC[C@@H](C)O)Cc2cccc(c2)-c2cc1ccc2O.CO. The Kier molecular flexibility index (Phi) is 16.6. The fourth-order valence-electron chi connectivity index (χ4n) is 5.09. The molecule has 4 atom stereocenters. The monoisotopic (exact) mass is 729 g/mol. The normalized spacial score (nSPS) is 16.5. The van der Waals surface area contributed by atoms with Gasteiger partial charge in [-0.2, -0.15) is 0 Å². The average molecular weight is 730 g/mol. The predicted molar refractivity (Wildman–Crippen MR) is 186 cm³/mol. The number of hydrogen-bond acceptors (Lipinski definition) is 11. The predicted octanol–water partition coefficient (Wildman–Crippen LogP) is -3.11. The Hall–Kier alpha value is -5.59. The summed E-state index contributed by atoms with van der Waals surface area (Å²) in [5.74, 6) is -4.93. The van der Waals surface area contributed by atoms with Crippen LogP contribution < -0.4 is 26.6 Å². The van der Waals surface area contributed by atoms with Crippen molar-refractivity contribution in [2.45, 2.75) is 44.5 Å². The first-order chi connectivity index (χ1) is 24.6. The number of likely N-dealkylation sites (N-methyl/N-ethyl adjacent to an activating group) is 2. The van der Waals surface area contributed by atoms with E-state index in [4.69, 9.17) is 5.11 Å². The molecule has 0 radical (unpaired) electrons. The standard InChI is InChI=1S/C33H43N7O10.CH4O/c1-18(42)13-35-31(48)24-11-20-6-5-7-21(10-20)23-12-22(8-9-26(23)44)30(33(50)37-15-28(46)38-24)40(4)29(47)16-34-27(45)14-36-32(49)25(17-41)39(3)19(2)43;1-2/h5-10,12,18,24-25,30,41-42,44H,11,13-17H2,1-4H3,(H,34,45)(H,35,48)(H,36,49)(H,37,50)(H,38,46);2H,1H3/t18-,24+,25-,30?;/m1./s1. The highest BCUT2D eigenvalue weighted by molar-refractivity contribution is 5.95. The average Bonchev–Trinajstić information content (AvgIpc) is 3.12. The number of phenols is 1. The van der Waals surface area contributed by atoms with Crippen LogP contribution in [-0.4, -0.2) is 144 Å². The van der Waals surface area contributed by atoms with Crippen molar-refractivity contribution in [3.63, 3.8) is 0 Å². The largest absolute Gasteiger partial charge is 0.507 e. The van der Waals surface area contributed by atoms with E-state index >= 15 is 0 Å². The van der Waals surface area contributed by atoms with Gasteiger partial charge in [-0.25, -0.2) is 0 Å². The quantitative estimate of drug-likeness (QED) is 0.112. The molecule has 52 heavy (non-hydrogen) atoms. The zero-order valence-corrected chi connectivity index (χ0v) is 29.6. The Bertz CT molecular complexity index is 1620. The van der Waals surface area contributed by atoms with Crippen LogP contribution in [0.25, 0.3) is 11.1 Å². The molecule has 2 aromatic carbocycles. The first-order valence-corrected chi connectivity index (χ1v) is 16.2. The van der Waals surface area contributed by atoms with E-state index in [9.17, 15) is 48.9 Å². The summed E-state index contributed by atoms with van der Waals surface area (Å²) >= 11 is 0. The van der Waals surface area contributed by atoms with Gasteiger partial charge in [-0.1, -0.05) is 30.3 Å². The number of aliphatic hydroxyl groups excluding tert-OH is 3. The fourth-order valence-corrected chi connectivity index (χ4v) is 5.09. The van der Waals surface area contributed by atoms with Crippen molar-refractivity contribution >= 4 is 41.4 Å². The van der Waals surface area contributed by atoms with Crippen LogP contribution >= 0.6 is 0 Å². The topological polar surface area (TPSA) is 267 Å². The summed E-state index contributed by atoms with van der Waals surface area (Å²) in [6, 6.07) is 7.52. The van der Waals surface area contributed by atoms with Crippen LogP contribution in [0.2, 0.25) is 0 Å². The molecule has 18 nitrogen and oxygen atoms in total. The minimum absolute atomic E-state index is 0.0529. The number of carbonyl (C=O) groups excluding carboxylic acids is 7. The highest BCUT2D eigenvalue weighted by atomic mass is 16.3. The van der Waals surface area contributed by atoms with Crippen LogP contribution in [0.3, 0.4) is 0 Å². The van der Waals surface area contributed by atoms with E-state index in [-0.39, 0.29) is 24.3 Å². The summed E-state index contributed by atoms with van der Waals surface area (Å²) in [4.78, 5) is 91.2. The van der Waals surface area contributed by atoms with Crippen molar-refractivity contribution in [2.75, 3.05) is 54.0 Å². The number of nitrogens with zero attached hydrogens (tertiary/aromatic N) is 2. The van der Waals surface area contributed by atoms with Gasteiger partial charge in [0.15, 0.2) is 0 Å². The maximum absolute atomic E-state index is 13.6. The molecule has 7 amide bonds. The molecule has 0 fully saturated rings. The van der Waals surface area contributed by atoms with Gasteiger partial charge in [0.05, 0.1) is 32.3 Å². The van der Waals surface area contributed by atoms with E-state index in [1.807, 2.05) is 0 Å². The molecule has 4 bridgehead atoms. The minimum atomic E-state index is -1.35. The van der Waals surface area contributed by atoms with Crippen LogP contribution in [-0.2, 0) is 40.0 Å². The Morgan fingerprint density at radius 2 is 1.67 bits per heavy atom. The van der Waals surface area contributed by atoms with Crippen LogP contribution in [0.4, 0.5) is 0 Å². The van der Waals surface area contributed by atoms with E-state index in [1.54, 1.807) is 24.3 Å². The molecular weight excluding hydrogens is 682 g/mol. The van der Waals surface area contributed by atoms with Crippen LogP contribution in [0.1, 0.15) is 31.0 Å². The molecule has 1 unspecified atom stereocenters. The van der Waals surface area contributed by atoms with E-state index in [1.165, 1.54) is 46.1 Å². The van der Waals surface area contributed by atoms with Crippen molar-refractivity contribution in [1.29, 1.82) is 0 Å². The smallest absolute Gasteiger partial charge is 0.247 e. The second kappa shape index (κ2) is 20.3. The molecule has 1 heterocycles. The van der Waals surface area contributed by atoms with Crippen molar-refractivity contribution < 1.29 is 54.0 Å². The Morgan fingerprint density at radius 3 is 2.31 bits per heavy atom. The Morgan fingerprint density at radius 1 is 0.981 bits per heavy atom. The third kappa shape index (κ3) is 12.0. The first kappa shape index (κ1) is 42.6. The lowest BCUT2D eigenvalue weighted by Gasteiger charge is -2.29. The molecule has 0 aromatic heterocycles. The number of amides is 7. The van der Waals surface area contributed by atoms with Gasteiger partial charge in [0, 0.05) is 46.7 Å². The van der Waals surface area contributed by atoms with E-state index < -0.39 is 91.8 Å². The molecule has 0 aliphatic carbocycles. The number of benzene rings is 2. The fraction of sp³-hybridized carbons (Fsp3) is 0.441. The summed E-state index contributed by atoms with van der Waals surface area (Å²) in [7, 11) is 3.62. The summed E-state index contributed by atoms with van der Waals surface area (Å²) in [5.41, 5.74) is 1.75. The molecule has 1 aliphatic rings. The summed E-state index contributed by atoms with van der Waals surface area (Å²) in [6.07, 6.45) is -0.769. The molecule has 284 valence electrons. The van der Waals surface area contributed by atoms with E-state index in [0.717, 1.165) is 16.9 Å². The lowest BCUT2D eigenvalue weighted by molar-refractivity contribution is -0.140. The number of fused-ring (bicyclic) bond motifs is 5. The summed E-state index contributed by atoms with van der Waals surface area (Å²) in [6.45, 7) is 0.235. The lowest BCUT2D eigenvalue weighted by Crippen LogP contribution is -2.52. The highest BCUT2D eigenvalue weighted by Gasteiger charge is 2.31. The molecule has 1 aliphatic heterocycles. The van der Waals surface area contributed by atoms with Gasteiger partial charge in [0.2, 0.25) is 41.4 Å². The van der Waals surface area contributed by atoms with Crippen molar-refractivity contribution in [1.82, 2.24) is 36.4 Å². The second-order valence-electron chi connectivity index (χ2n) is 11.8. The molecular formula is C34H47N7O11. The number of nitrogens with one attached hydrogen (secondary N) is 5. The van der Waals surface area contributed by atoms with Gasteiger partial charge < -0.3 is 56.8 Å². The third-order valence-corrected chi connectivity index (χ3v) is 7.99.